The van der Waals surface area contributed by atoms with E-state index in [1.54, 1.807) is 6.92 Å². The number of alkyl halides is 3. The van der Waals surface area contributed by atoms with Crippen LogP contribution in [-0.4, -0.2) is 53.7 Å². The summed E-state index contributed by atoms with van der Waals surface area (Å²) in [5.74, 6) is -2.94. The highest BCUT2D eigenvalue weighted by Gasteiger charge is 2.51. The number of hydrogen-bond donors (Lipinski definition) is 2. The maximum atomic E-state index is 13.3. The molecule has 0 aromatic heterocycles. The second-order valence-electron chi connectivity index (χ2n) is 7.93. The van der Waals surface area contributed by atoms with Gasteiger partial charge in [0.25, 0.3) is 5.91 Å². The largest absolute Gasteiger partial charge is 0.418 e. The number of carbonyl (C=O) groups is 4. The Morgan fingerprint density at radius 1 is 1.09 bits per heavy atom. The van der Waals surface area contributed by atoms with Crippen molar-refractivity contribution in [2.75, 3.05) is 25.5 Å². The van der Waals surface area contributed by atoms with Gasteiger partial charge in [-0.05, 0) is 36.2 Å². The topological polar surface area (TPSA) is 98.8 Å². The first-order chi connectivity index (χ1) is 16.4. The van der Waals surface area contributed by atoms with E-state index in [2.05, 4.69) is 10.6 Å². The van der Waals surface area contributed by atoms with Crippen LogP contribution in [0.5, 0.6) is 0 Å². The van der Waals surface area contributed by atoms with Gasteiger partial charge in [0.2, 0.25) is 11.8 Å². The predicted octanol–water partition coefficient (Wildman–Crippen LogP) is 3.10. The van der Waals surface area contributed by atoms with E-state index >= 15 is 0 Å². The van der Waals surface area contributed by atoms with Crippen molar-refractivity contribution in [2.45, 2.75) is 25.1 Å². The van der Waals surface area contributed by atoms with Gasteiger partial charge >= 0.3 is 12.2 Å². The van der Waals surface area contributed by atoms with Crippen LogP contribution in [0.15, 0.2) is 48.5 Å². The molecule has 0 aliphatic carbocycles. The van der Waals surface area contributed by atoms with E-state index in [-0.39, 0.29) is 6.42 Å². The lowest BCUT2D eigenvalue weighted by Crippen LogP contribution is -2.46. The van der Waals surface area contributed by atoms with Crippen molar-refractivity contribution < 1.29 is 36.7 Å². The average Bonchev–Trinajstić information content (AvgIpc) is 3.04. The van der Waals surface area contributed by atoms with Gasteiger partial charge in [-0.15, -0.1) is 0 Å². The molecular weight excluding hydrogens is 472 g/mol. The lowest BCUT2D eigenvalue weighted by molar-refractivity contribution is -0.139. The average molecular weight is 494 g/mol. The molecule has 0 saturated carbocycles. The summed E-state index contributed by atoms with van der Waals surface area (Å²) >= 11 is 0. The molecule has 2 aromatic carbocycles. The normalized spacial score (nSPS) is 17.8. The Morgan fingerprint density at radius 2 is 1.71 bits per heavy atom. The van der Waals surface area contributed by atoms with Gasteiger partial charge in [0.15, 0.2) is 0 Å². The second kappa shape index (κ2) is 9.72. The molecule has 3 rings (SSSR count). The van der Waals surface area contributed by atoms with Crippen LogP contribution in [0.4, 0.5) is 28.0 Å². The summed E-state index contributed by atoms with van der Waals surface area (Å²) < 4.78 is 52.7. The maximum Gasteiger partial charge on any atom is 0.418 e. The molecule has 0 spiro atoms. The molecule has 1 atom stereocenters. The number of carbonyl (C=O) groups excluding carboxylic acids is 4. The van der Waals surface area contributed by atoms with Gasteiger partial charge in [-0.1, -0.05) is 31.2 Å². The third-order valence-corrected chi connectivity index (χ3v) is 5.65. The molecule has 5 amide bonds. The third kappa shape index (κ3) is 5.26. The third-order valence-electron chi connectivity index (χ3n) is 5.65. The van der Waals surface area contributed by atoms with Crippen LogP contribution in [0.3, 0.4) is 0 Å². The highest BCUT2D eigenvalue weighted by Crippen LogP contribution is 2.35. The molecule has 12 heteroatoms. The Kier molecular flexibility index (Phi) is 7.13. The molecule has 186 valence electrons. The zero-order valence-corrected chi connectivity index (χ0v) is 18.8. The van der Waals surface area contributed by atoms with E-state index < -0.39 is 65.6 Å². The lowest BCUT2D eigenvalue weighted by atomic mass is 9.87. The zero-order valence-electron chi connectivity index (χ0n) is 18.8. The van der Waals surface area contributed by atoms with Gasteiger partial charge < -0.3 is 15.5 Å². The number of rotatable bonds is 7. The number of imide groups is 1. The highest BCUT2D eigenvalue weighted by atomic mass is 19.4. The van der Waals surface area contributed by atoms with Crippen LogP contribution in [-0.2, 0) is 26.1 Å². The van der Waals surface area contributed by atoms with Gasteiger partial charge in [-0.25, -0.2) is 9.18 Å². The minimum Gasteiger partial charge on any atom is -0.335 e. The number of hydrogen-bond acceptors (Lipinski definition) is 4. The highest BCUT2D eigenvalue weighted by molar-refractivity contribution is 6.09. The van der Waals surface area contributed by atoms with Gasteiger partial charge in [-0.2, -0.15) is 13.2 Å². The van der Waals surface area contributed by atoms with Crippen LogP contribution in [0.25, 0.3) is 0 Å². The fraction of sp³-hybridized carbons (Fsp3) is 0.304. The van der Waals surface area contributed by atoms with E-state index in [9.17, 15) is 36.7 Å². The van der Waals surface area contributed by atoms with Crippen LogP contribution in [0.1, 0.15) is 24.5 Å². The smallest absolute Gasteiger partial charge is 0.335 e. The summed E-state index contributed by atoms with van der Waals surface area (Å²) in [5.41, 5.74) is -2.65. The number of urea groups is 1. The summed E-state index contributed by atoms with van der Waals surface area (Å²) in [6.07, 6.45) is -4.56. The van der Waals surface area contributed by atoms with Gasteiger partial charge in [0, 0.05) is 7.05 Å². The van der Waals surface area contributed by atoms with Gasteiger partial charge in [-0.3, -0.25) is 19.3 Å². The van der Waals surface area contributed by atoms with Crippen molar-refractivity contribution in [2.24, 2.45) is 0 Å². The molecule has 2 N–H and O–H groups in total. The number of nitrogens with zero attached hydrogens (tertiary/aromatic N) is 2. The van der Waals surface area contributed by atoms with Gasteiger partial charge in [0.05, 0.1) is 17.8 Å². The fourth-order valence-electron chi connectivity index (χ4n) is 3.73. The number of likely N-dealkylation sites (N-methyl/N-ethyl adjacent to an activating group) is 1. The van der Waals surface area contributed by atoms with Crippen LogP contribution in [0.2, 0.25) is 0 Å². The Balaban J connectivity index is 1.67. The molecule has 1 heterocycles. The maximum absolute atomic E-state index is 13.3. The minimum atomic E-state index is -4.69. The van der Waals surface area contributed by atoms with E-state index in [0.29, 0.717) is 10.5 Å². The molecule has 1 aliphatic heterocycles. The first kappa shape index (κ1) is 25.7. The number of anilines is 1. The number of para-hydroxylation sites is 1. The zero-order chi connectivity index (χ0) is 26.0. The summed E-state index contributed by atoms with van der Waals surface area (Å²) in [6, 6.07) is 8.54. The van der Waals surface area contributed by atoms with Crippen molar-refractivity contribution in [1.82, 2.24) is 15.1 Å². The Morgan fingerprint density at radius 3 is 2.31 bits per heavy atom. The Hall–Kier alpha value is -3.96. The van der Waals surface area contributed by atoms with E-state index in [0.717, 1.165) is 29.2 Å². The fourth-order valence-corrected chi connectivity index (χ4v) is 3.73. The first-order valence-electron chi connectivity index (χ1n) is 10.5. The molecule has 1 unspecified atom stereocenters. The summed E-state index contributed by atoms with van der Waals surface area (Å²) in [5, 5.41) is 4.67. The molecule has 1 fully saturated rings. The molecule has 0 bridgehead atoms. The Labute approximate surface area is 197 Å². The lowest BCUT2D eigenvalue weighted by Gasteiger charge is -2.26. The standard InChI is InChI=1S/C23H22F4N4O4/c1-3-22(14-8-10-15(24)11-9-14)20(34)31(21(35)29-22)13-19(33)30(2)12-18(32)28-17-7-5-4-6-16(17)23(25,26)27/h4-11H,3,12-13H2,1-2H3,(H,28,32)(H,29,35). The first-order valence-corrected chi connectivity index (χ1v) is 10.5. The quantitative estimate of drug-likeness (QED) is 0.457. The minimum absolute atomic E-state index is 0.130. The summed E-state index contributed by atoms with van der Waals surface area (Å²) in [7, 11) is 1.21. The van der Waals surface area contributed by atoms with E-state index in [1.165, 1.54) is 31.3 Å². The molecule has 35 heavy (non-hydrogen) atoms. The van der Waals surface area contributed by atoms with E-state index in [4.69, 9.17) is 0 Å². The van der Waals surface area contributed by atoms with Crippen molar-refractivity contribution in [1.29, 1.82) is 0 Å². The summed E-state index contributed by atoms with van der Waals surface area (Å²) in [6.45, 7) is 0.324. The molecule has 1 saturated heterocycles. The van der Waals surface area contributed by atoms with Crippen LogP contribution < -0.4 is 10.6 Å². The molecule has 8 nitrogen and oxygen atoms in total. The summed E-state index contributed by atoms with van der Waals surface area (Å²) in [4.78, 5) is 52.1. The number of benzene rings is 2. The molecule has 2 aromatic rings. The number of amides is 5. The molecule has 0 radical (unpaired) electrons. The van der Waals surface area contributed by atoms with Crippen molar-refractivity contribution in [3.8, 4) is 0 Å². The monoisotopic (exact) mass is 494 g/mol. The number of nitrogens with one attached hydrogen (secondary N) is 2. The van der Waals surface area contributed by atoms with Crippen molar-refractivity contribution >= 4 is 29.4 Å². The van der Waals surface area contributed by atoms with Crippen LogP contribution in [0, 0.1) is 5.82 Å². The second-order valence-corrected chi connectivity index (χ2v) is 7.93. The molecule has 1 aliphatic rings. The number of halogens is 4. The van der Waals surface area contributed by atoms with Gasteiger partial charge in [0.1, 0.15) is 17.9 Å². The van der Waals surface area contributed by atoms with Crippen molar-refractivity contribution in [3.63, 3.8) is 0 Å². The van der Waals surface area contributed by atoms with Crippen molar-refractivity contribution in [3.05, 3.63) is 65.5 Å². The molecular formula is C23H22F4N4O4. The van der Waals surface area contributed by atoms with Crippen LogP contribution >= 0.6 is 0 Å². The SMILES string of the molecule is CCC1(c2ccc(F)cc2)NC(=O)N(CC(=O)N(C)CC(=O)Nc2ccccc2C(F)(F)F)C1=O. The van der Waals surface area contributed by atoms with E-state index in [1.807, 2.05) is 0 Å². The predicted molar refractivity (Wildman–Crippen MR) is 116 cm³/mol. The Bertz CT molecular complexity index is 1150.